The van der Waals surface area contributed by atoms with E-state index >= 15 is 0 Å². The molecule has 1 aliphatic heterocycles. The highest BCUT2D eigenvalue weighted by molar-refractivity contribution is 5.75. The van der Waals surface area contributed by atoms with Crippen molar-refractivity contribution in [2.75, 3.05) is 19.6 Å². The summed E-state index contributed by atoms with van der Waals surface area (Å²) < 4.78 is 0. The second-order valence-electron chi connectivity index (χ2n) is 5.80. The van der Waals surface area contributed by atoms with Crippen molar-refractivity contribution in [1.82, 2.24) is 10.3 Å². The third kappa shape index (κ3) is 5.83. The van der Waals surface area contributed by atoms with E-state index < -0.39 is 0 Å². The maximum atomic E-state index is 11.0. The first-order valence-corrected chi connectivity index (χ1v) is 7.35. The van der Waals surface area contributed by atoms with Crippen LogP contribution >= 0.6 is 0 Å². The van der Waals surface area contributed by atoms with Crippen molar-refractivity contribution in [2.24, 2.45) is 17.7 Å². The Kier molecular flexibility index (Phi) is 7.28. The maximum absolute atomic E-state index is 11.0. The number of unbranched alkanes of at least 4 members (excludes halogenated alkanes) is 1. The molecule has 3 N–H and O–H groups in total. The van der Waals surface area contributed by atoms with Gasteiger partial charge in [0.15, 0.2) is 0 Å². The van der Waals surface area contributed by atoms with E-state index in [1.807, 2.05) is 0 Å². The third-order valence-electron chi connectivity index (χ3n) is 4.10. The molecule has 0 aromatic heterocycles. The van der Waals surface area contributed by atoms with Crippen LogP contribution in [0.1, 0.15) is 52.4 Å². The monoisotopic (exact) mass is 255 g/mol. The van der Waals surface area contributed by atoms with Crippen LogP contribution < -0.4 is 11.3 Å². The predicted molar refractivity (Wildman–Crippen MR) is 74.8 cm³/mol. The zero-order valence-corrected chi connectivity index (χ0v) is 12.0. The summed E-state index contributed by atoms with van der Waals surface area (Å²) >= 11 is 0. The molecule has 0 spiro atoms. The van der Waals surface area contributed by atoms with Crippen molar-refractivity contribution in [3.63, 3.8) is 0 Å². The number of hydrogen-bond donors (Lipinski definition) is 2. The fourth-order valence-electron chi connectivity index (χ4n) is 2.77. The Bertz CT molecular complexity index is 243. The van der Waals surface area contributed by atoms with Crippen LogP contribution in [0.2, 0.25) is 0 Å². The molecule has 18 heavy (non-hydrogen) atoms. The molecule has 0 radical (unpaired) electrons. The molecule has 1 fully saturated rings. The second kappa shape index (κ2) is 8.48. The minimum atomic E-state index is -0.0502. The molecule has 1 heterocycles. The number of nitrogens with zero attached hydrogens (tertiary/aromatic N) is 1. The van der Waals surface area contributed by atoms with Gasteiger partial charge < -0.3 is 4.90 Å². The molecule has 4 heteroatoms. The summed E-state index contributed by atoms with van der Waals surface area (Å²) in [6.07, 6.45) is 6.63. The van der Waals surface area contributed by atoms with Gasteiger partial charge in [-0.1, -0.05) is 13.8 Å². The van der Waals surface area contributed by atoms with Gasteiger partial charge in [-0.25, -0.2) is 5.84 Å². The van der Waals surface area contributed by atoms with Crippen molar-refractivity contribution in [3.8, 4) is 0 Å². The first-order valence-electron chi connectivity index (χ1n) is 7.35. The summed E-state index contributed by atoms with van der Waals surface area (Å²) in [5.41, 5.74) is 2.18. The standard InChI is InChI=1S/C14H29N3O/c1-12(2)13-6-5-10-17(11-8-13)9-4-3-7-14(18)16-15/h12-13H,3-11,15H2,1-2H3,(H,16,18). The molecule has 0 bridgehead atoms. The molecule has 0 aliphatic carbocycles. The Morgan fingerprint density at radius 2 is 2.11 bits per heavy atom. The average molecular weight is 255 g/mol. The van der Waals surface area contributed by atoms with Crippen LogP contribution in [0.5, 0.6) is 0 Å². The molecule has 0 aromatic carbocycles. The van der Waals surface area contributed by atoms with E-state index in [1.54, 1.807) is 0 Å². The lowest BCUT2D eigenvalue weighted by Crippen LogP contribution is -2.30. The van der Waals surface area contributed by atoms with Crippen molar-refractivity contribution < 1.29 is 4.79 Å². The van der Waals surface area contributed by atoms with Crippen LogP contribution in [0, 0.1) is 11.8 Å². The van der Waals surface area contributed by atoms with Crippen LogP contribution in [0.25, 0.3) is 0 Å². The molecule has 4 nitrogen and oxygen atoms in total. The highest BCUT2D eigenvalue weighted by Crippen LogP contribution is 2.24. The second-order valence-corrected chi connectivity index (χ2v) is 5.80. The zero-order chi connectivity index (χ0) is 13.4. The number of hydrogen-bond acceptors (Lipinski definition) is 3. The molecular formula is C14H29N3O. The largest absolute Gasteiger partial charge is 0.303 e. The summed E-state index contributed by atoms with van der Waals surface area (Å²) in [6, 6.07) is 0. The number of carbonyl (C=O) groups is 1. The summed E-state index contributed by atoms with van der Waals surface area (Å²) in [5.74, 6) is 6.72. The van der Waals surface area contributed by atoms with Gasteiger partial charge in [0.25, 0.3) is 0 Å². The number of nitrogens with two attached hydrogens (primary N) is 1. The molecule has 0 saturated carbocycles. The first-order chi connectivity index (χ1) is 8.63. The molecule has 0 aromatic rings. The fourth-order valence-corrected chi connectivity index (χ4v) is 2.77. The lowest BCUT2D eigenvalue weighted by Gasteiger charge is -2.21. The molecular weight excluding hydrogens is 226 g/mol. The minimum absolute atomic E-state index is 0.0502. The van der Waals surface area contributed by atoms with E-state index in [-0.39, 0.29) is 5.91 Å². The summed E-state index contributed by atoms with van der Waals surface area (Å²) in [6.45, 7) is 8.26. The maximum Gasteiger partial charge on any atom is 0.233 e. The number of carbonyl (C=O) groups excluding carboxylic acids is 1. The predicted octanol–water partition coefficient (Wildman–Crippen LogP) is 1.90. The summed E-state index contributed by atoms with van der Waals surface area (Å²) in [4.78, 5) is 13.5. The van der Waals surface area contributed by atoms with Gasteiger partial charge in [0.05, 0.1) is 0 Å². The van der Waals surface area contributed by atoms with Crippen LogP contribution in [-0.4, -0.2) is 30.4 Å². The van der Waals surface area contributed by atoms with Crippen molar-refractivity contribution in [3.05, 3.63) is 0 Å². The van der Waals surface area contributed by atoms with Crippen molar-refractivity contribution in [1.29, 1.82) is 0 Å². The Morgan fingerprint density at radius 3 is 2.78 bits per heavy atom. The number of amides is 1. The number of likely N-dealkylation sites (tertiary alicyclic amines) is 1. The van der Waals surface area contributed by atoms with Crippen LogP contribution in [0.4, 0.5) is 0 Å². The topological polar surface area (TPSA) is 58.4 Å². The Hall–Kier alpha value is -0.610. The van der Waals surface area contributed by atoms with Crippen molar-refractivity contribution in [2.45, 2.75) is 52.4 Å². The van der Waals surface area contributed by atoms with Crippen LogP contribution in [0.15, 0.2) is 0 Å². The molecule has 1 saturated heterocycles. The van der Waals surface area contributed by atoms with Gasteiger partial charge in [-0.05, 0) is 63.6 Å². The van der Waals surface area contributed by atoms with E-state index in [0.717, 1.165) is 31.2 Å². The van der Waals surface area contributed by atoms with Crippen molar-refractivity contribution >= 4 is 5.91 Å². The third-order valence-corrected chi connectivity index (χ3v) is 4.10. The van der Waals surface area contributed by atoms with Gasteiger partial charge in [-0.3, -0.25) is 10.2 Å². The van der Waals surface area contributed by atoms with E-state index in [4.69, 9.17) is 5.84 Å². The highest BCUT2D eigenvalue weighted by atomic mass is 16.2. The number of hydrazine groups is 1. The molecule has 1 amide bonds. The Balaban J connectivity index is 2.14. The normalized spacial score (nSPS) is 21.9. The van der Waals surface area contributed by atoms with Crippen LogP contribution in [0.3, 0.4) is 0 Å². The zero-order valence-electron chi connectivity index (χ0n) is 12.0. The Labute approximate surface area is 111 Å². The van der Waals surface area contributed by atoms with E-state index in [2.05, 4.69) is 24.2 Å². The summed E-state index contributed by atoms with van der Waals surface area (Å²) in [7, 11) is 0. The molecule has 106 valence electrons. The number of rotatable bonds is 6. The number of nitrogens with one attached hydrogen (secondary N) is 1. The fraction of sp³-hybridized carbons (Fsp3) is 0.929. The molecule has 1 rings (SSSR count). The van der Waals surface area contributed by atoms with Gasteiger partial charge >= 0.3 is 0 Å². The van der Waals surface area contributed by atoms with Gasteiger partial charge in [-0.2, -0.15) is 0 Å². The van der Waals surface area contributed by atoms with E-state index in [1.165, 1.54) is 32.4 Å². The lowest BCUT2D eigenvalue weighted by atomic mass is 9.89. The van der Waals surface area contributed by atoms with Gasteiger partial charge in [0.2, 0.25) is 5.91 Å². The molecule has 1 atom stereocenters. The SMILES string of the molecule is CC(C)C1CCCN(CCCCC(=O)NN)CC1. The highest BCUT2D eigenvalue weighted by Gasteiger charge is 2.18. The van der Waals surface area contributed by atoms with Crippen LogP contribution in [-0.2, 0) is 4.79 Å². The first kappa shape index (κ1) is 15.4. The molecule has 1 unspecified atom stereocenters. The van der Waals surface area contributed by atoms with E-state index in [9.17, 15) is 4.79 Å². The Morgan fingerprint density at radius 1 is 1.33 bits per heavy atom. The average Bonchev–Trinajstić information content (AvgIpc) is 2.59. The van der Waals surface area contributed by atoms with E-state index in [0.29, 0.717) is 6.42 Å². The summed E-state index contributed by atoms with van der Waals surface area (Å²) in [5, 5.41) is 0. The van der Waals surface area contributed by atoms with Gasteiger partial charge in [-0.15, -0.1) is 0 Å². The lowest BCUT2D eigenvalue weighted by molar-refractivity contribution is -0.121. The van der Waals surface area contributed by atoms with Gasteiger partial charge in [0.1, 0.15) is 0 Å². The quantitative estimate of drug-likeness (QED) is 0.330. The smallest absolute Gasteiger partial charge is 0.233 e. The minimum Gasteiger partial charge on any atom is -0.303 e. The van der Waals surface area contributed by atoms with Gasteiger partial charge in [0, 0.05) is 6.42 Å². The molecule has 1 aliphatic rings.